The number of pyridine rings is 1. The zero-order chi connectivity index (χ0) is 25.9. The van der Waals surface area contributed by atoms with Gasteiger partial charge in [0.05, 0.1) is 43.0 Å². The molecule has 3 N–H and O–H groups in total. The Kier molecular flexibility index (Phi) is 7.33. The summed E-state index contributed by atoms with van der Waals surface area (Å²) >= 11 is 0. The van der Waals surface area contributed by atoms with E-state index in [1.165, 1.54) is 12.1 Å². The highest BCUT2D eigenvalue weighted by molar-refractivity contribution is 6.06. The molecule has 1 fully saturated rings. The summed E-state index contributed by atoms with van der Waals surface area (Å²) < 4.78 is 58.2. The van der Waals surface area contributed by atoms with Crippen LogP contribution in [-0.4, -0.2) is 60.9 Å². The zero-order valence-corrected chi connectivity index (χ0v) is 20.2. The molecule has 2 aliphatic rings. The molecular weight excluding hydrogens is 489 g/mol. The smallest absolute Gasteiger partial charge is 0.255 e. The first-order chi connectivity index (χ1) is 17.9. The van der Waals surface area contributed by atoms with Gasteiger partial charge in [0.1, 0.15) is 24.3 Å². The molecule has 0 radical (unpaired) electrons. The number of carbonyl (C=O) groups excluding carboxylic acids is 1. The first-order valence-corrected chi connectivity index (χ1v) is 12.1. The Hall–Kier alpha value is -3.57. The number of amides is 1. The van der Waals surface area contributed by atoms with E-state index in [4.69, 9.17) is 14.2 Å². The Morgan fingerprint density at radius 2 is 2.14 bits per heavy atom. The second-order valence-corrected chi connectivity index (χ2v) is 9.04. The third-order valence-corrected chi connectivity index (χ3v) is 6.29. The number of nitrogens with zero attached hydrogens (tertiary/aromatic N) is 1. The van der Waals surface area contributed by atoms with Gasteiger partial charge in [0.25, 0.3) is 5.91 Å². The van der Waals surface area contributed by atoms with Gasteiger partial charge < -0.3 is 29.8 Å². The fourth-order valence-electron chi connectivity index (χ4n) is 4.62. The summed E-state index contributed by atoms with van der Waals surface area (Å²) in [5.41, 5.74) is 2.44. The van der Waals surface area contributed by atoms with Gasteiger partial charge in [0.2, 0.25) is 6.43 Å². The van der Waals surface area contributed by atoms with Crippen LogP contribution in [0.2, 0.25) is 0 Å². The van der Waals surface area contributed by atoms with Gasteiger partial charge in [0, 0.05) is 47.6 Å². The number of hydrogen-bond donors (Lipinski definition) is 3. The molecule has 196 valence electrons. The number of benzene rings is 1. The van der Waals surface area contributed by atoms with E-state index < -0.39 is 18.7 Å². The highest BCUT2D eigenvalue weighted by Crippen LogP contribution is 2.41. The number of ether oxygens (including phenoxy) is 3. The number of anilines is 2. The predicted molar refractivity (Wildman–Crippen MR) is 130 cm³/mol. The molecule has 2 aromatic heterocycles. The number of halogens is 3. The summed E-state index contributed by atoms with van der Waals surface area (Å²) in [6, 6.07) is 5.69. The van der Waals surface area contributed by atoms with Crippen molar-refractivity contribution in [3.8, 4) is 17.0 Å². The van der Waals surface area contributed by atoms with Gasteiger partial charge in [0.15, 0.2) is 0 Å². The highest BCUT2D eigenvalue weighted by Gasteiger charge is 2.31. The quantitative estimate of drug-likeness (QED) is 0.415. The Balaban J connectivity index is 1.57. The lowest BCUT2D eigenvalue weighted by atomic mass is 10.0. The van der Waals surface area contributed by atoms with E-state index in [1.807, 2.05) is 6.92 Å². The third-order valence-electron chi connectivity index (χ3n) is 6.29. The van der Waals surface area contributed by atoms with Crippen molar-refractivity contribution in [1.29, 1.82) is 0 Å². The lowest BCUT2D eigenvalue weighted by Crippen LogP contribution is -2.39. The largest absolute Gasteiger partial charge is 0.488 e. The minimum Gasteiger partial charge on any atom is -0.488 e. The fourth-order valence-corrected chi connectivity index (χ4v) is 4.62. The molecule has 37 heavy (non-hydrogen) atoms. The van der Waals surface area contributed by atoms with Crippen LogP contribution in [0.25, 0.3) is 11.3 Å². The molecular formula is C26H27F3N4O4. The summed E-state index contributed by atoms with van der Waals surface area (Å²) in [5.74, 6) is -0.648. The van der Waals surface area contributed by atoms with Crippen molar-refractivity contribution in [2.45, 2.75) is 38.3 Å². The SMILES string of the molecule is CC1Cc2[nH]c(-c3ccncc3OCC3COCCO3)c(Nc3cccc(F)c3CC(F)F)c2C(=O)N1. The van der Waals surface area contributed by atoms with Crippen molar-refractivity contribution >= 4 is 17.3 Å². The molecule has 2 atom stereocenters. The maximum atomic E-state index is 14.6. The first-order valence-electron chi connectivity index (χ1n) is 12.1. The second-order valence-electron chi connectivity index (χ2n) is 9.04. The van der Waals surface area contributed by atoms with Crippen LogP contribution in [0.15, 0.2) is 36.7 Å². The lowest BCUT2D eigenvalue weighted by Gasteiger charge is -2.23. The molecule has 1 aromatic carbocycles. The Morgan fingerprint density at radius 3 is 2.92 bits per heavy atom. The van der Waals surface area contributed by atoms with E-state index in [-0.39, 0.29) is 35.9 Å². The number of alkyl halides is 2. The molecule has 4 heterocycles. The third kappa shape index (κ3) is 5.42. The van der Waals surface area contributed by atoms with Crippen LogP contribution in [-0.2, 0) is 22.3 Å². The van der Waals surface area contributed by atoms with Crippen LogP contribution >= 0.6 is 0 Å². The number of nitrogens with one attached hydrogen (secondary N) is 3. The molecule has 8 nitrogen and oxygen atoms in total. The summed E-state index contributed by atoms with van der Waals surface area (Å²) in [6.07, 6.45) is -0.0983. The van der Waals surface area contributed by atoms with Crippen molar-refractivity contribution in [2.24, 2.45) is 0 Å². The number of fused-ring (bicyclic) bond motifs is 1. The standard InChI is InChI=1S/C26H27F3N4O4/c1-14-9-20-23(26(34)31-14)25(32-19-4-2-3-18(27)17(19)10-22(28)29)24(33-20)16-5-6-30-11-21(16)37-13-15-12-35-7-8-36-15/h2-6,11,14-15,22,32-33H,7-10,12-13H2,1H3,(H,31,34). The summed E-state index contributed by atoms with van der Waals surface area (Å²) in [7, 11) is 0. The summed E-state index contributed by atoms with van der Waals surface area (Å²) in [4.78, 5) is 20.6. The Bertz CT molecular complexity index is 1280. The molecule has 0 saturated carbocycles. The van der Waals surface area contributed by atoms with E-state index >= 15 is 0 Å². The Labute approximate surface area is 211 Å². The number of rotatable bonds is 8. The normalized spacial score (nSPS) is 19.4. The van der Waals surface area contributed by atoms with Gasteiger partial charge in [-0.3, -0.25) is 9.78 Å². The molecule has 2 aliphatic heterocycles. The number of aromatic amines is 1. The van der Waals surface area contributed by atoms with Crippen molar-refractivity contribution in [2.75, 3.05) is 31.7 Å². The van der Waals surface area contributed by atoms with Crippen LogP contribution in [0, 0.1) is 5.82 Å². The van der Waals surface area contributed by atoms with Crippen LogP contribution in [0.1, 0.15) is 28.5 Å². The fraction of sp³-hybridized carbons (Fsp3) is 0.385. The molecule has 1 saturated heterocycles. The molecule has 0 spiro atoms. The number of hydrogen-bond acceptors (Lipinski definition) is 6. The monoisotopic (exact) mass is 516 g/mol. The van der Waals surface area contributed by atoms with Crippen LogP contribution in [0.5, 0.6) is 5.75 Å². The average Bonchev–Trinajstić information content (AvgIpc) is 3.23. The van der Waals surface area contributed by atoms with Crippen molar-refractivity contribution in [3.05, 3.63) is 59.3 Å². The molecule has 2 unspecified atom stereocenters. The summed E-state index contributed by atoms with van der Waals surface area (Å²) in [5, 5.41) is 5.99. The highest BCUT2D eigenvalue weighted by atomic mass is 19.3. The maximum absolute atomic E-state index is 14.6. The first kappa shape index (κ1) is 25.1. The van der Waals surface area contributed by atoms with E-state index in [2.05, 4.69) is 20.6 Å². The maximum Gasteiger partial charge on any atom is 0.255 e. The van der Waals surface area contributed by atoms with Crippen molar-refractivity contribution in [3.63, 3.8) is 0 Å². The van der Waals surface area contributed by atoms with Crippen LogP contribution in [0.4, 0.5) is 24.5 Å². The molecule has 5 rings (SSSR count). The summed E-state index contributed by atoms with van der Waals surface area (Å²) in [6.45, 7) is 3.53. The van der Waals surface area contributed by atoms with E-state index in [0.717, 1.165) is 6.07 Å². The van der Waals surface area contributed by atoms with E-state index in [9.17, 15) is 18.0 Å². The van der Waals surface area contributed by atoms with E-state index in [0.29, 0.717) is 60.2 Å². The zero-order valence-electron chi connectivity index (χ0n) is 20.2. The topological polar surface area (TPSA) is 97.5 Å². The minimum absolute atomic E-state index is 0.112. The van der Waals surface area contributed by atoms with Gasteiger partial charge in [-0.25, -0.2) is 13.2 Å². The van der Waals surface area contributed by atoms with Crippen molar-refractivity contribution < 1.29 is 32.2 Å². The molecule has 0 bridgehead atoms. The van der Waals surface area contributed by atoms with Crippen molar-refractivity contribution in [1.82, 2.24) is 15.3 Å². The molecule has 1 amide bonds. The van der Waals surface area contributed by atoms with E-state index in [1.54, 1.807) is 18.5 Å². The van der Waals surface area contributed by atoms with Gasteiger partial charge in [-0.05, 0) is 25.1 Å². The van der Waals surface area contributed by atoms with Gasteiger partial charge >= 0.3 is 0 Å². The molecule has 11 heteroatoms. The van der Waals surface area contributed by atoms with Gasteiger partial charge in [-0.1, -0.05) is 6.07 Å². The average molecular weight is 517 g/mol. The Morgan fingerprint density at radius 1 is 1.27 bits per heavy atom. The molecule has 3 aromatic rings. The second kappa shape index (κ2) is 10.8. The predicted octanol–water partition coefficient (Wildman–Crippen LogP) is 4.24. The van der Waals surface area contributed by atoms with Gasteiger partial charge in [-0.2, -0.15) is 0 Å². The van der Waals surface area contributed by atoms with Crippen LogP contribution < -0.4 is 15.4 Å². The van der Waals surface area contributed by atoms with Gasteiger partial charge in [-0.15, -0.1) is 0 Å². The number of aromatic nitrogens is 2. The molecule has 0 aliphatic carbocycles. The number of carbonyl (C=O) groups is 1. The lowest BCUT2D eigenvalue weighted by molar-refractivity contribution is -0.101. The van der Waals surface area contributed by atoms with Crippen LogP contribution in [0.3, 0.4) is 0 Å². The minimum atomic E-state index is -2.74. The number of H-pyrrole nitrogens is 1.